The maximum absolute atomic E-state index is 11.0. The van der Waals surface area contributed by atoms with Crippen LogP contribution in [0.1, 0.15) is 38.5 Å². The van der Waals surface area contributed by atoms with Gasteiger partial charge in [-0.1, -0.05) is 19.3 Å². The minimum absolute atomic E-state index is 0.127. The number of hydroxylamine groups is 1. The van der Waals surface area contributed by atoms with Gasteiger partial charge in [0.05, 0.1) is 6.33 Å². The number of hydrogen-bond acceptors (Lipinski definition) is 7. The number of carbonyl (C=O) groups is 1. The predicted octanol–water partition coefficient (Wildman–Crippen LogP) is 3.77. The molecule has 0 radical (unpaired) electrons. The third kappa shape index (κ3) is 5.78. The molecule has 0 fully saturated rings. The van der Waals surface area contributed by atoms with E-state index in [2.05, 4.69) is 20.3 Å². The van der Waals surface area contributed by atoms with Gasteiger partial charge in [0.15, 0.2) is 17.0 Å². The molecule has 0 spiro atoms. The number of halogens is 1. The lowest BCUT2D eigenvalue weighted by atomic mass is 10.1. The maximum Gasteiger partial charge on any atom is 0.243 e. The van der Waals surface area contributed by atoms with Crippen LogP contribution in [0.25, 0.3) is 11.2 Å². The molecule has 2 heterocycles. The number of aryl methyl sites for hydroxylation is 1. The molecule has 0 aliphatic carbocycles. The fourth-order valence-corrected chi connectivity index (χ4v) is 3.17. The highest BCUT2D eigenvalue weighted by atomic mass is 35.5. The minimum atomic E-state index is -0.344. The zero-order chi connectivity index (χ0) is 20.6. The number of anilines is 2. The molecule has 29 heavy (non-hydrogen) atoms. The van der Waals surface area contributed by atoms with Crippen LogP contribution in [0.15, 0.2) is 30.6 Å². The molecular weight excluding hydrogens is 396 g/mol. The fraction of sp³-hybridized carbons (Fsp3) is 0.368. The molecule has 4 N–H and O–H groups in total. The number of nitrogens with zero attached hydrogens (tertiary/aromatic N) is 4. The van der Waals surface area contributed by atoms with Crippen LogP contribution in [0.2, 0.25) is 5.28 Å². The Labute approximate surface area is 172 Å². The first-order chi connectivity index (χ1) is 14.1. The number of phenolic OH excluding ortho intramolecular Hbond substituents is 1. The Morgan fingerprint density at radius 2 is 1.79 bits per heavy atom. The summed E-state index contributed by atoms with van der Waals surface area (Å²) in [5.74, 6) is 0.345. The topological polar surface area (TPSA) is 125 Å². The van der Waals surface area contributed by atoms with Crippen molar-refractivity contribution in [1.82, 2.24) is 25.0 Å². The molecule has 2 aromatic heterocycles. The van der Waals surface area contributed by atoms with Crippen molar-refractivity contribution in [1.29, 1.82) is 0 Å². The number of rotatable bonds is 10. The summed E-state index contributed by atoms with van der Waals surface area (Å²) in [5.41, 5.74) is 3.67. The van der Waals surface area contributed by atoms with Gasteiger partial charge in [-0.3, -0.25) is 10.0 Å². The van der Waals surface area contributed by atoms with Gasteiger partial charge < -0.3 is 15.0 Å². The Bertz CT molecular complexity index is 960. The molecule has 0 saturated carbocycles. The summed E-state index contributed by atoms with van der Waals surface area (Å²) >= 11 is 6.11. The Hall–Kier alpha value is -2.91. The Morgan fingerprint density at radius 1 is 1.07 bits per heavy atom. The number of benzene rings is 1. The van der Waals surface area contributed by atoms with Gasteiger partial charge in [-0.05, 0) is 48.7 Å². The zero-order valence-electron chi connectivity index (χ0n) is 15.8. The van der Waals surface area contributed by atoms with Crippen molar-refractivity contribution in [3.8, 4) is 5.75 Å². The van der Waals surface area contributed by atoms with E-state index in [1.165, 1.54) is 0 Å². The van der Waals surface area contributed by atoms with E-state index in [0.717, 1.165) is 44.3 Å². The Kier molecular flexibility index (Phi) is 7.20. The third-order valence-corrected chi connectivity index (χ3v) is 4.66. The minimum Gasteiger partial charge on any atom is -0.508 e. The van der Waals surface area contributed by atoms with Gasteiger partial charge in [0.25, 0.3) is 0 Å². The lowest BCUT2D eigenvalue weighted by molar-refractivity contribution is -0.129. The molecule has 9 nitrogen and oxygen atoms in total. The molecule has 1 amide bonds. The van der Waals surface area contributed by atoms with Crippen molar-refractivity contribution in [2.45, 2.75) is 45.1 Å². The van der Waals surface area contributed by atoms with E-state index in [4.69, 9.17) is 16.8 Å². The van der Waals surface area contributed by atoms with Crippen LogP contribution in [-0.2, 0) is 11.3 Å². The number of imidazole rings is 1. The third-order valence-electron chi connectivity index (χ3n) is 4.49. The second-order valence-corrected chi connectivity index (χ2v) is 7.01. The number of hydrogen-bond donors (Lipinski definition) is 4. The second kappa shape index (κ2) is 10.0. The van der Waals surface area contributed by atoms with E-state index >= 15 is 0 Å². The van der Waals surface area contributed by atoms with Crippen LogP contribution in [0.3, 0.4) is 0 Å². The van der Waals surface area contributed by atoms with E-state index in [0.29, 0.717) is 23.4 Å². The van der Waals surface area contributed by atoms with Gasteiger partial charge in [0.1, 0.15) is 5.75 Å². The summed E-state index contributed by atoms with van der Waals surface area (Å²) < 4.78 is 1.95. The standard InChI is InChI=1S/C19H23ClN6O3/c20-19-23-17(22-13-7-9-14(27)10-8-13)16-18(24-19)26(12-21-16)11-5-3-1-2-4-6-15(28)25-29/h7-10,12,27,29H,1-6,11H2,(H,25,28)(H,22,23,24). The van der Waals surface area contributed by atoms with Crippen molar-refractivity contribution in [2.75, 3.05) is 5.32 Å². The van der Waals surface area contributed by atoms with Crippen LogP contribution < -0.4 is 10.8 Å². The van der Waals surface area contributed by atoms with E-state index in [9.17, 15) is 9.90 Å². The zero-order valence-corrected chi connectivity index (χ0v) is 16.6. The van der Waals surface area contributed by atoms with Gasteiger partial charge in [-0.2, -0.15) is 9.97 Å². The maximum atomic E-state index is 11.0. The monoisotopic (exact) mass is 418 g/mol. The number of fused-ring (bicyclic) bond motifs is 1. The summed E-state index contributed by atoms with van der Waals surface area (Å²) in [5, 5.41) is 21.2. The number of aromatic hydroxyl groups is 1. The molecule has 154 valence electrons. The van der Waals surface area contributed by atoms with Gasteiger partial charge in [0.2, 0.25) is 11.2 Å². The second-order valence-electron chi connectivity index (χ2n) is 6.68. The van der Waals surface area contributed by atoms with Gasteiger partial charge in [-0.25, -0.2) is 10.5 Å². The lowest BCUT2D eigenvalue weighted by Gasteiger charge is -2.08. The predicted molar refractivity (Wildman–Crippen MR) is 109 cm³/mol. The van der Waals surface area contributed by atoms with Gasteiger partial charge in [-0.15, -0.1) is 0 Å². The number of phenols is 1. The van der Waals surface area contributed by atoms with Crippen molar-refractivity contribution in [3.63, 3.8) is 0 Å². The van der Waals surface area contributed by atoms with Crippen LogP contribution in [0.5, 0.6) is 5.75 Å². The number of unbranched alkanes of at least 4 members (excludes halogenated alkanes) is 4. The largest absolute Gasteiger partial charge is 0.508 e. The van der Waals surface area contributed by atoms with Crippen LogP contribution >= 0.6 is 11.6 Å². The normalized spacial score (nSPS) is 11.0. The van der Waals surface area contributed by atoms with E-state index in [1.54, 1.807) is 36.1 Å². The Balaban J connectivity index is 1.58. The molecule has 0 aliphatic heterocycles. The Morgan fingerprint density at radius 3 is 2.55 bits per heavy atom. The molecular formula is C19H23ClN6O3. The summed E-state index contributed by atoms with van der Waals surface area (Å²) in [6.45, 7) is 0.750. The smallest absolute Gasteiger partial charge is 0.243 e. The first kappa shape index (κ1) is 20.8. The molecule has 1 aromatic carbocycles. The fourth-order valence-electron chi connectivity index (χ4n) is 3.00. The number of aromatic nitrogens is 4. The van der Waals surface area contributed by atoms with E-state index in [1.807, 2.05) is 4.57 Å². The first-order valence-electron chi connectivity index (χ1n) is 9.44. The molecule has 3 aromatic rings. The molecule has 3 rings (SSSR count). The van der Waals surface area contributed by atoms with E-state index in [-0.39, 0.29) is 16.9 Å². The van der Waals surface area contributed by atoms with Crippen LogP contribution in [-0.4, -0.2) is 35.7 Å². The van der Waals surface area contributed by atoms with Crippen LogP contribution in [0, 0.1) is 0 Å². The highest BCUT2D eigenvalue weighted by molar-refractivity contribution is 6.28. The number of carbonyl (C=O) groups excluding carboxylic acids is 1. The van der Waals surface area contributed by atoms with E-state index < -0.39 is 0 Å². The lowest BCUT2D eigenvalue weighted by Crippen LogP contribution is -2.17. The summed E-state index contributed by atoms with van der Waals surface area (Å²) in [7, 11) is 0. The summed E-state index contributed by atoms with van der Waals surface area (Å²) in [6, 6.07) is 6.63. The summed E-state index contributed by atoms with van der Waals surface area (Å²) in [4.78, 5) is 23.9. The summed E-state index contributed by atoms with van der Waals surface area (Å²) in [6.07, 6.45) is 6.73. The van der Waals surface area contributed by atoms with Crippen molar-refractivity contribution in [3.05, 3.63) is 35.9 Å². The van der Waals surface area contributed by atoms with Crippen molar-refractivity contribution in [2.24, 2.45) is 0 Å². The molecule has 10 heteroatoms. The molecule has 0 aliphatic rings. The average molecular weight is 419 g/mol. The van der Waals surface area contributed by atoms with Crippen molar-refractivity contribution >= 4 is 40.2 Å². The SMILES string of the molecule is O=C(CCCCCCCn1cnc2c(Nc3ccc(O)cc3)nc(Cl)nc21)NO. The molecule has 0 bridgehead atoms. The molecule has 0 atom stereocenters. The molecule has 0 unspecified atom stereocenters. The van der Waals surface area contributed by atoms with Crippen LogP contribution in [0.4, 0.5) is 11.5 Å². The van der Waals surface area contributed by atoms with Gasteiger partial charge >= 0.3 is 0 Å². The highest BCUT2D eigenvalue weighted by Crippen LogP contribution is 2.25. The highest BCUT2D eigenvalue weighted by Gasteiger charge is 2.13. The molecule has 0 saturated heterocycles. The number of amides is 1. The van der Waals surface area contributed by atoms with Gasteiger partial charge in [0, 0.05) is 18.7 Å². The van der Waals surface area contributed by atoms with Crippen molar-refractivity contribution < 1.29 is 15.1 Å². The number of nitrogens with one attached hydrogen (secondary N) is 2. The quantitative estimate of drug-likeness (QED) is 0.130. The average Bonchev–Trinajstić information content (AvgIpc) is 3.11. The first-order valence-corrected chi connectivity index (χ1v) is 9.82.